The first kappa shape index (κ1) is 15.2. The molecule has 0 spiro atoms. The second-order valence-electron chi connectivity index (χ2n) is 3.04. The Kier molecular flexibility index (Phi) is 9.01. The molecule has 0 saturated carbocycles. The molecule has 1 amide bonds. The van der Waals surface area contributed by atoms with E-state index in [9.17, 15) is 4.79 Å². The molecule has 1 atom stereocenters. The van der Waals surface area contributed by atoms with Gasteiger partial charge in [0, 0.05) is 12.6 Å². The van der Waals surface area contributed by atoms with Gasteiger partial charge in [0.2, 0.25) is 0 Å². The maximum Gasteiger partial charge on any atom is 1.00 e. The average Bonchev–Trinajstić information content (AvgIpc) is 1.88. The van der Waals surface area contributed by atoms with Crippen molar-refractivity contribution in [2.45, 2.75) is 33.7 Å². The molecule has 0 saturated heterocycles. The Labute approximate surface area is 103 Å². The minimum atomic E-state index is -0.242. The van der Waals surface area contributed by atoms with Crippen molar-refractivity contribution in [3.8, 4) is 0 Å². The molecule has 4 heteroatoms. The first-order valence-corrected chi connectivity index (χ1v) is 4.39. The number of hydrogen-bond acceptors (Lipinski definition) is 2. The standard InChI is InChI=1S/C8H17NOS.Na/c1-5-9(8(10)11)7(4)6(2)3;/h6-7H,5H2,1-4H3,(H,10,11);/q;+1/p-1. The number of carbonyl (C=O) groups is 1. The van der Waals surface area contributed by atoms with Gasteiger partial charge in [0.15, 0.2) is 0 Å². The fourth-order valence-corrected chi connectivity index (χ4v) is 1.24. The van der Waals surface area contributed by atoms with E-state index in [1.54, 1.807) is 4.90 Å². The average molecular weight is 197 g/mol. The molecule has 0 rings (SSSR count). The number of carbonyl (C=O) groups excluding carboxylic acids is 1. The SMILES string of the molecule is CCN(C(=O)[S-])C(C)C(C)C.[Na+]. The fraction of sp³-hybridized carbons (Fsp3) is 0.875. The third kappa shape index (κ3) is 4.65. The summed E-state index contributed by atoms with van der Waals surface area (Å²) in [5.74, 6) is 0.474. The van der Waals surface area contributed by atoms with Crippen LogP contribution in [0.4, 0.5) is 4.79 Å². The normalized spacial score (nSPS) is 12.1. The summed E-state index contributed by atoms with van der Waals surface area (Å²) in [6, 6.07) is 0.255. The van der Waals surface area contributed by atoms with Crippen molar-refractivity contribution in [2.75, 3.05) is 6.54 Å². The minimum absolute atomic E-state index is 0. The third-order valence-corrected chi connectivity index (χ3v) is 2.27. The summed E-state index contributed by atoms with van der Waals surface area (Å²) in [5.41, 5.74) is 0. The van der Waals surface area contributed by atoms with Gasteiger partial charge in [-0.3, -0.25) is 0 Å². The summed E-state index contributed by atoms with van der Waals surface area (Å²) in [6.07, 6.45) is 0. The largest absolute Gasteiger partial charge is 1.00 e. The van der Waals surface area contributed by atoms with Gasteiger partial charge in [0.1, 0.15) is 5.24 Å². The Morgan fingerprint density at radius 2 is 1.83 bits per heavy atom. The molecule has 66 valence electrons. The number of rotatable bonds is 3. The summed E-state index contributed by atoms with van der Waals surface area (Å²) in [6.45, 7) is 8.86. The van der Waals surface area contributed by atoms with Crippen LogP contribution in [0.3, 0.4) is 0 Å². The van der Waals surface area contributed by atoms with E-state index in [2.05, 4.69) is 26.5 Å². The predicted molar refractivity (Wildman–Crippen MR) is 49.4 cm³/mol. The van der Waals surface area contributed by atoms with E-state index in [1.807, 2.05) is 13.8 Å². The molecule has 0 heterocycles. The van der Waals surface area contributed by atoms with Crippen LogP contribution in [0.2, 0.25) is 0 Å². The van der Waals surface area contributed by atoms with Gasteiger partial charge < -0.3 is 22.3 Å². The van der Waals surface area contributed by atoms with E-state index in [0.29, 0.717) is 12.5 Å². The molecule has 0 radical (unpaired) electrons. The Morgan fingerprint density at radius 3 is 1.92 bits per heavy atom. The Morgan fingerprint density at radius 1 is 1.42 bits per heavy atom. The number of amides is 1. The van der Waals surface area contributed by atoms with Crippen molar-refractivity contribution < 1.29 is 34.4 Å². The van der Waals surface area contributed by atoms with Crippen LogP contribution < -0.4 is 29.6 Å². The molecule has 0 fully saturated rings. The molecule has 0 aliphatic carbocycles. The van der Waals surface area contributed by atoms with Crippen molar-refractivity contribution in [2.24, 2.45) is 5.92 Å². The van der Waals surface area contributed by atoms with Crippen molar-refractivity contribution in [3.05, 3.63) is 0 Å². The zero-order chi connectivity index (χ0) is 9.02. The van der Waals surface area contributed by atoms with Gasteiger partial charge in [0.05, 0.1) is 0 Å². The number of nitrogens with zero attached hydrogens (tertiary/aromatic N) is 1. The van der Waals surface area contributed by atoms with E-state index < -0.39 is 0 Å². The smallest absolute Gasteiger partial charge is 0.719 e. The molecule has 0 aliphatic heterocycles. The summed E-state index contributed by atoms with van der Waals surface area (Å²) in [5, 5.41) is -0.242. The van der Waals surface area contributed by atoms with Gasteiger partial charge in [-0.1, -0.05) is 13.8 Å². The molecule has 0 aromatic carbocycles. The molecule has 0 aromatic rings. The van der Waals surface area contributed by atoms with Crippen LogP contribution in [0.15, 0.2) is 0 Å². The maximum atomic E-state index is 10.9. The molecular weight excluding hydrogens is 181 g/mol. The molecule has 12 heavy (non-hydrogen) atoms. The predicted octanol–water partition coefficient (Wildman–Crippen LogP) is -0.976. The molecule has 2 nitrogen and oxygen atoms in total. The number of hydrogen-bond donors (Lipinski definition) is 0. The van der Waals surface area contributed by atoms with Crippen LogP contribution in [-0.2, 0) is 12.6 Å². The molecule has 0 bridgehead atoms. The van der Waals surface area contributed by atoms with Gasteiger partial charge in [-0.25, -0.2) is 0 Å². The van der Waals surface area contributed by atoms with E-state index in [-0.39, 0.29) is 40.8 Å². The van der Waals surface area contributed by atoms with Crippen LogP contribution >= 0.6 is 0 Å². The molecule has 0 aliphatic rings. The van der Waals surface area contributed by atoms with Crippen molar-refractivity contribution in [1.29, 1.82) is 0 Å². The molecule has 1 unspecified atom stereocenters. The summed E-state index contributed by atoms with van der Waals surface area (Å²) in [4.78, 5) is 12.6. The second-order valence-corrected chi connectivity index (χ2v) is 3.39. The Balaban J connectivity index is 0. The van der Waals surface area contributed by atoms with Gasteiger partial charge in [-0.05, 0) is 19.8 Å². The minimum Gasteiger partial charge on any atom is -0.719 e. The van der Waals surface area contributed by atoms with Crippen LogP contribution in [0.25, 0.3) is 0 Å². The second kappa shape index (κ2) is 7.13. The van der Waals surface area contributed by atoms with Crippen molar-refractivity contribution in [3.63, 3.8) is 0 Å². The first-order chi connectivity index (χ1) is 5.00. The molecular formula is C8H16NNaOS. The van der Waals surface area contributed by atoms with Crippen LogP contribution in [0, 0.1) is 5.92 Å². The Bertz CT molecular complexity index is 141. The summed E-state index contributed by atoms with van der Waals surface area (Å²) < 4.78 is 0. The quantitative estimate of drug-likeness (QED) is 0.428. The molecule has 0 N–H and O–H groups in total. The monoisotopic (exact) mass is 197 g/mol. The topological polar surface area (TPSA) is 20.3 Å². The van der Waals surface area contributed by atoms with Gasteiger partial charge >= 0.3 is 29.6 Å². The van der Waals surface area contributed by atoms with E-state index in [0.717, 1.165) is 0 Å². The van der Waals surface area contributed by atoms with Gasteiger partial charge in [-0.15, -0.1) is 0 Å². The van der Waals surface area contributed by atoms with Crippen LogP contribution in [-0.4, -0.2) is 22.7 Å². The zero-order valence-corrected chi connectivity index (χ0v) is 11.4. The van der Waals surface area contributed by atoms with Gasteiger partial charge in [-0.2, -0.15) is 0 Å². The first-order valence-electron chi connectivity index (χ1n) is 3.98. The van der Waals surface area contributed by atoms with Gasteiger partial charge in [0.25, 0.3) is 0 Å². The maximum absolute atomic E-state index is 10.9. The van der Waals surface area contributed by atoms with E-state index in [4.69, 9.17) is 0 Å². The van der Waals surface area contributed by atoms with E-state index in [1.165, 1.54) is 0 Å². The van der Waals surface area contributed by atoms with Crippen molar-refractivity contribution >= 4 is 17.9 Å². The third-order valence-electron chi connectivity index (χ3n) is 2.03. The molecule has 0 aromatic heterocycles. The zero-order valence-electron chi connectivity index (χ0n) is 8.63. The summed E-state index contributed by atoms with van der Waals surface area (Å²) in [7, 11) is 0. The Hall–Kier alpha value is 0.690. The van der Waals surface area contributed by atoms with Crippen LogP contribution in [0.1, 0.15) is 27.7 Å². The summed E-state index contributed by atoms with van der Waals surface area (Å²) >= 11 is 4.58. The van der Waals surface area contributed by atoms with Crippen molar-refractivity contribution in [1.82, 2.24) is 4.90 Å². The van der Waals surface area contributed by atoms with E-state index >= 15 is 0 Å². The van der Waals surface area contributed by atoms with Crippen LogP contribution in [0.5, 0.6) is 0 Å². The fourth-order valence-electron chi connectivity index (χ4n) is 0.943.